The van der Waals surface area contributed by atoms with Gasteiger partial charge in [-0.05, 0) is 25.8 Å². The Morgan fingerprint density at radius 1 is 1.20 bits per heavy atom. The highest BCUT2D eigenvalue weighted by atomic mass is 32.2. The number of hydrogen-bond acceptors (Lipinski definition) is 13. The number of aryl methyl sites for hydroxylation is 2. The first-order chi connectivity index (χ1) is 23.4. The van der Waals surface area contributed by atoms with Crippen LogP contribution in [0.4, 0.5) is 23.1 Å². The molecule has 2 atom stereocenters. The molecular formula is C29H31F3N6O10S2. The largest absolute Gasteiger partial charge is 0.741 e. The van der Waals surface area contributed by atoms with Gasteiger partial charge in [0.25, 0.3) is 11.8 Å². The summed E-state index contributed by atoms with van der Waals surface area (Å²) in [5.74, 6) is -1.84. The summed E-state index contributed by atoms with van der Waals surface area (Å²) in [5, 5.41) is 10.6. The van der Waals surface area contributed by atoms with E-state index in [2.05, 4.69) is 33.9 Å². The lowest BCUT2D eigenvalue weighted by atomic mass is 9.85. The van der Waals surface area contributed by atoms with Crippen LogP contribution in [-0.4, -0.2) is 90.4 Å². The number of allylic oxidation sites excluding steroid dienone is 1. The van der Waals surface area contributed by atoms with Crippen LogP contribution in [0.25, 0.3) is 5.70 Å². The van der Waals surface area contributed by atoms with Crippen LogP contribution in [0.15, 0.2) is 60.0 Å². The van der Waals surface area contributed by atoms with E-state index in [1.54, 1.807) is 0 Å². The highest BCUT2D eigenvalue weighted by Gasteiger charge is 2.56. The van der Waals surface area contributed by atoms with E-state index in [-0.39, 0.29) is 35.4 Å². The molecule has 4 heterocycles. The molecule has 0 saturated carbocycles. The Bertz CT molecular complexity index is 1840. The van der Waals surface area contributed by atoms with Gasteiger partial charge in [0.2, 0.25) is 5.70 Å². The van der Waals surface area contributed by atoms with Gasteiger partial charge in [-0.1, -0.05) is 30.5 Å². The molecule has 0 spiro atoms. The van der Waals surface area contributed by atoms with Crippen LogP contribution < -0.4 is 15.2 Å². The fraction of sp³-hybridized carbons (Fsp3) is 0.345. The molecule has 2 aromatic heterocycles. The molecule has 2 aromatic rings. The molecule has 0 bridgehead atoms. The third-order valence-corrected chi connectivity index (χ3v) is 8.27. The van der Waals surface area contributed by atoms with E-state index in [9.17, 15) is 32.3 Å². The van der Waals surface area contributed by atoms with Crippen molar-refractivity contribution in [3.8, 4) is 0 Å². The number of carbonyl (C=O) groups is 4. The summed E-state index contributed by atoms with van der Waals surface area (Å²) >= 11 is 1.04. The van der Waals surface area contributed by atoms with E-state index < -0.39 is 51.6 Å². The lowest BCUT2D eigenvalue weighted by Gasteiger charge is -2.49. The second kappa shape index (κ2) is 16.5. The standard InChI is InChI=1S/C28H30N6O7S.CHF3O3S/c1-6-12-40-26(37)23-20(33-11-10-16(3)17(4)14-33)9-8-19-22(25(36)34(19)23)30-24(35)21(32-39-5)18-15-42-27(29-18)31-28(38)41-13-7-2;2-1(3,4)8(5,6)7/h6-7,10-11,14-15,19,22H,1-2,8-9,12-13H2,3-5H3,(H-,29,30,31,35,38);(H,5,6,7)/b32-21-;/t19?,22-;/m1./s1. The van der Waals surface area contributed by atoms with E-state index in [0.717, 1.165) is 22.5 Å². The highest BCUT2D eigenvalue weighted by molar-refractivity contribution is 7.86. The number of anilines is 1. The number of nitrogens with zero attached hydrogens (tertiary/aromatic N) is 4. The number of β-lactam (4-membered cyclic amide) rings is 1. The van der Waals surface area contributed by atoms with Crippen LogP contribution >= 0.6 is 11.3 Å². The molecule has 1 saturated heterocycles. The zero-order valence-corrected chi connectivity index (χ0v) is 28.3. The number of esters is 1. The maximum absolute atomic E-state index is 13.4. The number of rotatable bonds is 11. The molecule has 16 nitrogen and oxygen atoms in total. The van der Waals surface area contributed by atoms with Gasteiger partial charge >= 0.3 is 17.6 Å². The predicted molar refractivity (Wildman–Crippen MR) is 169 cm³/mol. The Morgan fingerprint density at radius 3 is 2.42 bits per heavy atom. The third kappa shape index (κ3) is 9.30. The Kier molecular flexibility index (Phi) is 13.0. The van der Waals surface area contributed by atoms with Gasteiger partial charge < -0.3 is 24.2 Å². The van der Waals surface area contributed by atoms with Gasteiger partial charge in [-0.15, -0.1) is 11.3 Å². The molecule has 0 aromatic carbocycles. The van der Waals surface area contributed by atoms with Crippen molar-refractivity contribution in [3.63, 3.8) is 0 Å². The summed E-state index contributed by atoms with van der Waals surface area (Å²) in [6, 6.07) is 0.528. The Balaban J connectivity index is 0.000000753. The van der Waals surface area contributed by atoms with Crippen LogP contribution in [0.3, 0.4) is 0 Å². The lowest BCUT2D eigenvalue weighted by molar-refractivity contribution is -0.585. The van der Waals surface area contributed by atoms with Crippen LogP contribution in [-0.2, 0) is 38.8 Å². The minimum Gasteiger partial charge on any atom is -0.741 e. The molecule has 3 amide bonds. The number of fused-ring (bicyclic) bond motifs is 1. The number of oxime groups is 1. The Hall–Kier alpha value is -5.15. The van der Waals surface area contributed by atoms with E-state index in [0.29, 0.717) is 18.5 Å². The SMILES string of the molecule is C=CCOC(=O)Nc1nc(/C(=N/OC)C(=O)N[C@H]2C(=O)N3C(C(=O)OCC=C)=C([n+]4ccc(C)c(C)c4)CCC23)cs1.O=S(=O)([O-])C(F)(F)F. The molecule has 4 rings (SSSR count). The first-order valence-corrected chi connectivity index (χ1v) is 16.5. The molecule has 1 fully saturated rings. The van der Waals surface area contributed by atoms with Gasteiger partial charge in [-0.25, -0.2) is 23.0 Å². The van der Waals surface area contributed by atoms with Crippen molar-refractivity contribution >= 4 is 61.9 Å². The normalized spacial score (nSPS) is 17.3. The van der Waals surface area contributed by atoms with Gasteiger partial charge in [0.1, 0.15) is 32.1 Å². The number of hydrogen-bond donors (Lipinski definition) is 2. The van der Waals surface area contributed by atoms with Crippen molar-refractivity contribution in [2.75, 3.05) is 25.6 Å². The first kappa shape index (κ1) is 39.3. The van der Waals surface area contributed by atoms with E-state index in [1.807, 2.05) is 36.9 Å². The monoisotopic (exact) mass is 744 g/mol. The van der Waals surface area contributed by atoms with Gasteiger partial charge in [0.15, 0.2) is 39.1 Å². The van der Waals surface area contributed by atoms with Crippen LogP contribution in [0, 0.1) is 13.8 Å². The highest BCUT2D eigenvalue weighted by Crippen LogP contribution is 2.37. The van der Waals surface area contributed by atoms with Crippen molar-refractivity contribution < 1.29 is 64.2 Å². The van der Waals surface area contributed by atoms with Crippen molar-refractivity contribution in [2.24, 2.45) is 5.16 Å². The van der Waals surface area contributed by atoms with Crippen LogP contribution in [0.5, 0.6) is 0 Å². The minimum atomic E-state index is -6.09. The summed E-state index contributed by atoms with van der Waals surface area (Å²) in [5.41, 5.74) is -2.87. The van der Waals surface area contributed by atoms with Gasteiger partial charge in [0.05, 0.1) is 6.04 Å². The molecule has 0 radical (unpaired) electrons. The molecule has 50 heavy (non-hydrogen) atoms. The fourth-order valence-electron chi connectivity index (χ4n) is 4.54. The molecule has 2 N–H and O–H groups in total. The number of carbonyl (C=O) groups excluding carboxylic acids is 4. The van der Waals surface area contributed by atoms with Crippen molar-refractivity contribution in [2.45, 2.75) is 44.3 Å². The Labute approximate surface area is 287 Å². The van der Waals surface area contributed by atoms with E-state index in [1.165, 1.54) is 29.5 Å². The summed E-state index contributed by atoms with van der Waals surface area (Å²) < 4.78 is 70.9. The second-order valence-electron chi connectivity index (χ2n) is 10.2. The fourth-order valence-corrected chi connectivity index (χ4v) is 5.22. The average molecular weight is 745 g/mol. The maximum atomic E-state index is 13.4. The maximum Gasteiger partial charge on any atom is 0.485 e. The lowest BCUT2D eigenvalue weighted by Crippen LogP contribution is -2.72. The third-order valence-electron chi connectivity index (χ3n) is 6.94. The zero-order chi connectivity index (χ0) is 37.4. The number of ether oxygens (including phenoxy) is 2. The molecule has 270 valence electrons. The minimum absolute atomic E-state index is 0.0180. The topological polar surface area (TPSA) is 210 Å². The molecule has 1 unspecified atom stereocenters. The second-order valence-corrected chi connectivity index (χ2v) is 12.5. The number of alkyl halides is 3. The number of aromatic nitrogens is 2. The molecule has 2 aliphatic heterocycles. The number of amides is 3. The average Bonchev–Trinajstić information content (AvgIpc) is 3.51. The quantitative estimate of drug-likeness (QED) is 0.0498. The summed E-state index contributed by atoms with van der Waals surface area (Å²) in [7, 11) is -4.83. The van der Waals surface area contributed by atoms with Crippen LogP contribution in [0.2, 0.25) is 0 Å². The van der Waals surface area contributed by atoms with Gasteiger partial charge in [-0.2, -0.15) is 17.7 Å². The molecular weight excluding hydrogens is 713 g/mol. The number of thiazole rings is 1. The summed E-state index contributed by atoms with van der Waals surface area (Å²) in [6.07, 6.45) is 6.81. The molecule has 21 heteroatoms. The van der Waals surface area contributed by atoms with Crippen molar-refractivity contribution in [3.05, 3.63) is 71.7 Å². The predicted octanol–water partition coefficient (Wildman–Crippen LogP) is 2.27. The van der Waals surface area contributed by atoms with Crippen LogP contribution in [0.1, 0.15) is 29.7 Å². The number of nitrogens with one attached hydrogen (secondary N) is 2. The molecule has 2 aliphatic rings. The summed E-state index contributed by atoms with van der Waals surface area (Å²) in [6.45, 7) is 11.0. The first-order valence-electron chi connectivity index (χ1n) is 14.2. The van der Waals surface area contributed by atoms with Gasteiger partial charge in [-0.3, -0.25) is 19.8 Å². The van der Waals surface area contributed by atoms with Crippen molar-refractivity contribution in [1.82, 2.24) is 15.2 Å². The molecule has 0 aliphatic carbocycles. The zero-order valence-electron chi connectivity index (χ0n) is 26.7. The van der Waals surface area contributed by atoms with Crippen molar-refractivity contribution in [1.29, 1.82) is 0 Å². The van der Waals surface area contributed by atoms with E-state index >= 15 is 0 Å². The smallest absolute Gasteiger partial charge is 0.485 e. The number of halogens is 3. The Morgan fingerprint density at radius 2 is 1.84 bits per heavy atom. The van der Waals surface area contributed by atoms with E-state index in [4.69, 9.17) is 27.3 Å². The summed E-state index contributed by atoms with van der Waals surface area (Å²) in [4.78, 5) is 62.1. The number of pyridine rings is 1. The van der Waals surface area contributed by atoms with Gasteiger partial charge in [0, 0.05) is 23.4 Å².